The zero-order valence-corrected chi connectivity index (χ0v) is 35.4. The number of esters is 1. The van der Waals surface area contributed by atoms with Gasteiger partial charge < -0.3 is 24.9 Å². The lowest BCUT2D eigenvalue weighted by Crippen LogP contribution is -2.49. The van der Waals surface area contributed by atoms with E-state index in [-0.39, 0.29) is 56.4 Å². The van der Waals surface area contributed by atoms with Gasteiger partial charge in [0.15, 0.2) is 0 Å². The van der Waals surface area contributed by atoms with Crippen molar-refractivity contribution in [1.29, 1.82) is 0 Å². The number of aromatic nitrogens is 2. The predicted octanol–water partition coefficient (Wildman–Crippen LogP) is 8.47. The molecule has 2 aromatic heterocycles. The van der Waals surface area contributed by atoms with Crippen LogP contribution >= 0.6 is 11.6 Å². The van der Waals surface area contributed by atoms with E-state index in [1.54, 1.807) is 48.5 Å². The van der Waals surface area contributed by atoms with Gasteiger partial charge in [0, 0.05) is 16.9 Å². The van der Waals surface area contributed by atoms with E-state index in [1.165, 1.54) is 36.4 Å². The number of aromatic amines is 1. The molecule has 16 heteroatoms. The van der Waals surface area contributed by atoms with Crippen molar-refractivity contribution in [3.8, 4) is 22.8 Å². The summed E-state index contributed by atoms with van der Waals surface area (Å²) in [5.74, 6) is -3.13. The standard InChI is InChI=1S/C43H48ClN5O9S/c1-24-22-29(42(2,3)4)34(30(23-24)43(5,6)7)57-40(52)32-31(25-18-20-26(44)21-19-25)39(58-41(53)56-28-16-12-9-13-17-28)49-36(32)46-35(45)33(38(49)51)37(50)48-59(54,55)47-27-14-10-8-11-15-27/h8-21,24,29-30,34,46-47H,22-23,45H2,1-7H3,(H,48,50). The van der Waals surface area contributed by atoms with Crippen LogP contribution in [-0.2, 0) is 14.9 Å². The zero-order chi connectivity index (χ0) is 43.0. The van der Waals surface area contributed by atoms with Crippen LogP contribution in [-0.4, -0.2) is 41.9 Å². The Hall–Kier alpha value is -5.80. The second-order valence-corrected chi connectivity index (χ2v) is 18.9. The number of hydrogen-bond acceptors (Lipinski definition) is 10. The largest absolute Gasteiger partial charge is 0.520 e. The van der Waals surface area contributed by atoms with Crippen molar-refractivity contribution in [2.24, 2.45) is 28.6 Å². The number of nitrogens with zero attached hydrogens (tertiary/aromatic N) is 1. The van der Waals surface area contributed by atoms with Crippen molar-refractivity contribution in [2.45, 2.75) is 67.4 Å². The number of fused-ring (bicyclic) bond motifs is 1. The second-order valence-electron chi connectivity index (χ2n) is 17.0. The number of nitrogens with two attached hydrogens (primary N) is 1. The number of hydrogen-bond donors (Lipinski definition) is 4. The molecule has 6 rings (SSSR count). The lowest BCUT2D eigenvalue weighted by atomic mass is 9.59. The monoisotopic (exact) mass is 845 g/mol. The molecule has 2 heterocycles. The highest BCUT2D eigenvalue weighted by atomic mass is 35.5. The molecule has 1 aliphatic carbocycles. The smallest absolute Gasteiger partial charge is 0.458 e. The van der Waals surface area contributed by atoms with Crippen molar-refractivity contribution in [3.63, 3.8) is 0 Å². The topological polar surface area (TPSA) is 200 Å². The van der Waals surface area contributed by atoms with Gasteiger partial charge in [-0.3, -0.25) is 14.3 Å². The minimum Gasteiger partial charge on any atom is -0.458 e. The summed E-state index contributed by atoms with van der Waals surface area (Å²) in [4.78, 5) is 59.7. The van der Waals surface area contributed by atoms with E-state index < -0.39 is 57.2 Å². The van der Waals surface area contributed by atoms with Crippen molar-refractivity contribution in [3.05, 3.63) is 111 Å². The van der Waals surface area contributed by atoms with E-state index in [2.05, 4.69) is 58.2 Å². The summed E-state index contributed by atoms with van der Waals surface area (Å²) in [6, 6.07) is 21.9. The normalized spacial score (nSPS) is 18.5. The van der Waals surface area contributed by atoms with E-state index in [9.17, 15) is 22.8 Å². The van der Waals surface area contributed by atoms with Crippen molar-refractivity contribution in [2.75, 3.05) is 10.5 Å². The van der Waals surface area contributed by atoms with E-state index in [1.807, 2.05) is 4.72 Å². The molecule has 1 amide bonds. The summed E-state index contributed by atoms with van der Waals surface area (Å²) in [5.41, 5.74) is 3.46. The number of halogens is 1. The Morgan fingerprint density at radius 3 is 1.95 bits per heavy atom. The number of para-hydroxylation sites is 2. The molecule has 1 fully saturated rings. The van der Waals surface area contributed by atoms with Crippen molar-refractivity contribution < 1.29 is 37.0 Å². The number of anilines is 2. The van der Waals surface area contributed by atoms with Crippen LogP contribution in [0.5, 0.6) is 11.6 Å². The maximum Gasteiger partial charge on any atom is 0.520 e. The Kier molecular flexibility index (Phi) is 11.9. The molecular weight excluding hydrogens is 798 g/mol. The zero-order valence-electron chi connectivity index (χ0n) is 33.8. The molecule has 3 aromatic carbocycles. The van der Waals surface area contributed by atoms with Crippen LogP contribution in [0, 0.1) is 28.6 Å². The summed E-state index contributed by atoms with van der Waals surface area (Å²) < 4.78 is 48.7. The first-order valence-electron chi connectivity index (χ1n) is 19.1. The number of carbonyl (C=O) groups is 3. The molecule has 5 aromatic rings. The van der Waals surface area contributed by atoms with Crippen LogP contribution in [0.4, 0.5) is 16.3 Å². The van der Waals surface area contributed by atoms with Gasteiger partial charge >= 0.3 is 22.3 Å². The Morgan fingerprint density at radius 2 is 1.39 bits per heavy atom. The third-order valence-electron chi connectivity index (χ3n) is 10.6. The third kappa shape index (κ3) is 9.42. The highest BCUT2D eigenvalue weighted by molar-refractivity contribution is 7.91. The molecule has 1 aliphatic rings. The van der Waals surface area contributed by atoms with Crippen LogP contribution in [0.25, 0.3) is 16.8 Å². The van der Waals surface area contributed by atoms with Gasteiger partial charge in [-0.15, -0.1) is 0 Å². The number of rotatable bonds is 9. The average molecular weight is 846 g/mol. The quantitative estimate of drug-likeness (QED) is 0.0824. The van der Waals surface area contributed by atoms with Crippen LogP contribution in [0.3, 0.4) is 0 Å². The molecule has 2 atom stereocenters. The molecule has 312 valence electrons. The first-order chi connectivity index (χ1) is 27.6. The fourth-order valence-corrected chi connectivity index (χ4v) is 8.74. The van der Waals surface area contributed by atoms with E-state index in [0.29, 0.717) is 10.9 Å². The summed E-state index contributed by atoms with van der Waals surface area (Å²) in [5, 5.41) is 0.342. The molecule has 59 heavy (non-hydrogen) atoms. The number of benzene rings is 3. The van der Waals surface area contributed by atoms with E-state index in [4.69, 9.17) is 31.5 Å². The minimum atomic E-state index is -4.61. The molecule has 0 aliphatic heterocycles. The first-order valence-corrected chi connectivity index (χ1v) is 20.9. The van der Waals surface area contributed by atoms with Crippen molar-refractivity contribution >= 4 is 57.0 Å². The summed E-state index contributed by atoms with van der Waals surface area (Å²) in [6.45, 7) is 14.8. The molecule has 1 saturated carbocycles. The molecule has 0 radical (unpaired) electrons. The first kappa shape index (κ1) is 42.8. The molecule has 0 bridgehead atoms. The Morgan fingerprint density at radius 1 is 0.831 bits per heavy atom. The number of H-pyrrole nitrogens is 1. The molecule has 0 spiro atoms. The second kappa shape index (κ2) is 16.5. The molecule has 5 N–H and O–H groups in total. The van der Waals surface area contributed by atoms with Crippen LogP contribution in [0.2, 0.25) is 5.02 Å². The van der Waals surface area contributed by atoms with Gasteiger partial charge in [-0.2, -0.15) is 8.42 Å². The average Bonchev–Trinajstić information content (AvgIpc) is 3.45. The molecule has 2 unspecified atom stereocenters. The highest BCUT2D eigenvalue weighted by Gasteiger charge is 2.48. The van der Waals surface area contributed by atoms with Gasteiger partial charge in [-0.05, 0) is 71.6 Å². The molecular formula is C43H48ClN5O9S. The number of carbonyl (C=O) groups excluding carboxylic acids is 3. The van der Waals surface area contributed by atoms with Gasteiger partial charge in [0.1, 0.15) is 34.4 Å². The lowest BCUT2D eigenvalue weighted by Gasteiger charge is -2.50. The predicted molar refractivity (Wildman–Crippen MR) is 226 cm³/mol. The Labute approximate surface area is 347 Å². The van der Waals surface area contributed by atoms with Crippen LogP contribution in [0.1, 0.15) is 82.0 Å². The van der Waals surface area contributed by atoms with Crippen LogP contribution < -0.4 is 30.2 Å². The van der Waals surface area contributed by atoms with Gasteiger partial charge in [-0.1, -0.05) is 109 Å². The maximum absolute atomic E-state index is 15.0. The van der Waals surface area contributed by atoms with Gasteiger partial charge in [-0.25, -0.2) is 18.7 Å². The fraction of sp³-hybridized carbons (Fsp3) is 0.349. The Balaban J connectivity index is 1.57. The number of nitrogen functional groups attached to an aromatic ring is 1. The molecule has 0 saturated heterocycles. The summed E-state index contributed by atoms with van der Waals surface area (Å²) in [7, 11) is -4.61. The summed E-state index contributed by atoms with van der Waals surface area (Å²) >= 11 is 6.28. The maximum atomic E-state index is 15.0. The number of amides is 1. The highest BCUT2D eigenvalue weighted by Crippen LogP contribution is 2.50. The fourth-order valence-electron chi connectivity index (χ4n) is 7.77. The van der Waals surface area contributed by atoms with Gasteiger partial charge in [0.05, 0.1) is 11.3 Å². The lowest BCUT2D eigenvalue weighted by molar-refractivity contribution is -0.0922. The van der Waals surface area contributed by atoms with E-state index in [0.717, 1.165) is 17.2 Å². The third-order valence-corrected chi connectivity index (χ3v) is 11.8. The van der Waals surface area contributed by atoms with Gasteiger partial charge in [0.2, 0.25) is 5.88 Å². The Bertz CT molecular complexity index is 2520. The minimum absolute atomic E-state index is 0.0743. The van der Waals surface area contributed by atoms with Crippen LogP contribution in [0.15, 0.2) is 89.7 Å². The SMILES string of the molecule is CC1CC(C(C)(C)C)C(OC(=O)c2c(-c3ccc(Cl)cc3)c(OC(=O)Oc3ccccc3)n3c(=O)c(C(=O)NS(=O)(=O)Nc4ccccc4)c(N)[nH]c23)C(C(C)(C)C)C1. The number of ether oxygens (including phenoxy) is 3. The van der Waals surface area contributed by atoms with Crippen molar-refractivity contribution in [1.82, 2.24) is 14.1 Å². The van der Waals surface area contributed by atoms with E-state index >= 15 is 4.79 Å². The van der Waals surface area contributed by atoms with Gasteiger partial charge in [0.25, 0.3) is 11.5 Å². The number of nitrogens with one attached hydrogen (secondary N) is 3. The molecule has 14 nitrogen and oxygen atoms in total. The summed E-state index contributed by atoms with van der Waals surface area (Å²) in [6.07, 6.45) is -0.308.